The zero-order valence-electron chi connectivity index (χ0n) is 14.5. The van der Waals surface area contributed by atoms with Gasteiger partial charge in [0.2, 0.25) is 5.91 Å². The number of halogens is 1. The van der Waals surface area contributed by atoms with E-state index in [1.54, 1.807) is 6.20 Å². The molecule has 0 saturated carbocycles. The van der Waals surface area contributed by atoms with Crippen LogP contribution in [0, 0.1) is 6.92 Å². The zero-order valence-corrected chi connectivity index (χ0v) is 16.1. The molecular weight excluding hydrogens is 404 g/mol. The van der Waals surface area contributed by atoms with Crippen molar-refractivity contribution in [2.75, 3.05) is 5.32 Å². The van der Waals surface area contributed by atoms with E-state index in [0.29, 0.717) is 12.2 Å². The number of fused-ring (bicyclic) bond motifs is 2. The normalized spacial score (nSPS) is 13.0. The molecule has 5 rings (SSSR count). The molecule has 0 atom stereocenters. The number of carbonyl (C=O) groups is 1. The highest BCUT2D eigenvalue weighted by molar-refractivity contribution is 9.10. The van der Waals surface area contributed by atoms with Crippen molar-refractivity contribution in [3.8, 4) is 16.9 Å². The smallest absolute Gasteiger partial charge is 0.230 e. The maximum Gasteiger partial charge on any atom is 0.230 e. The van der Waals surface area contributed by atoms with Crippen LogP contribution in [0.5, 0.6) is 0 Å². The van der Waals surface area contributed by atoms with E-state index in [-0.39, 0.29) is 5.91 Å². The van der Waals surface area contributed by atoms with Crippen molar-refractivity contribution in [2.45, 2.75) is 13.3 Å². The molecule has 4 aromatic rings. The Balaban J connectivity index is 1.84. The van der Waals surface area contributed by atoms with Crippen molar-refractivity contribution in [1.29, 1.82) is 0 Å². The third-order valence-electron chi connectivity index (χ3n) is 4.76. The number of rotatable bonds is 2. The summed E-state index contributed by atoms with van der Waals surface area (Å²) < 4.78 is 3.10. The van der Waals surface area contributed by atoms with Crippen molar-refractivity contribution in [2.24, 2.45) is 0 Å². The molecule has 132 valence electrons. The fourth-order valence-corrected chi connectivity index (χ4v) is 4.25. The maximum absolute atomic E-state index is 11.7. The number of hydrogen-bond donors (Lipinski definition) is 1. The van der Waals surface area contributed by atoms with Crippen LogP contribution < -0.4 is 5.32 Å². The summed E-state index contributed by atoms with van der Waals surface area (Å²) in [5.41, 5.74) is 5.69. The van der Waals surface area contributed by atoms with Gasteiger partial charge in [-0.05, 0) is 46.6 Å². The summed E-state index contributed by atoms with van der Waals surface area (Å²) >= 11 is 3.79. The van der Waals surface area contributed by atoms with Gasteiger partial charge in [-0.25, -0.2) is 9.97 Å². The molecule has 0 fully saturated rings. The topological polar surface area (TPSA) is 59.8 Å². The highest BCUT2D eigenvalue weighted by Crippen LogP contribution is 2.39. The number of nitrogens with zero attached hydrogens (tertiary/aromatic N) is 3. The molecule has 0 unspecified atom stereocenters. The van der Waals surface area contributed by atoms with Crippen molar-refractivity contribution < 1.29 is 4.79 Å². The second-order valence-electron chi connectivity index (χ2n) is 6.61. The lowest BCUT2D eigenvalue weighted by atomic mass is 10.1. The van der Waals surface area contributed by atoms with Gasteiger partial charge in [0.25, 0.3) is 0 Å². The van der Waals surface area contributed by atoms with Crippen LogP contribution >= 0.6 is 15.9 Å². The van der Waals surface area contributed by atoms with E-state index >= 15 is 0 Å². The summed E-state index contributed by atoms with van der Waals surface area (Å²) in [4.78, 5) is 21.0. The van der Waals surface area contributed by atoms with Gasteiger partial charge >= 0.3 is 0 Å². The summed E-state index contributed by atoms with van der Waals surface area (Å²) in [6.07, 6.45) is 2.14. The minimum absolute atomic E-state index is 0.0227. The lowest BCUT2D eigenvalue weighted by Crippen LogP contribution is -2.04. The van der Waals surface area contributed by atoms with E-state index in [4.69, 9.17) is 4.98 Å². The third kappa shape index (κ3) is 2.56. The molecule has 3 aromatic heterocycles. The Kier molecular flexibility index (Phi) is 3.62. The molecule has 0 bridgehead atoms. The first-order chi connectivity index (χ1) is 13.1. The van der Waals surface area contributed by atoms with Gasteiger partial charge in [-0.2, -0.15) is 0 Å². The number of hydrogen-bond acceptors (Lipinski definition) is 3. The Hall–Kier alpha value is -2.99. The van der Waals surface area contributed by atoms with Gasteiger partial charge in [0.1, 0.15) is 11.5 Å². The fourth-order valence-electron chi connectivity index (χ4n) is 3.54. The highest BCUT2D eigenvalue weighted by atomic mass is 79.9. The molecule has 1 N–H and O–H groups in total. The molecule has 1 amide bonds. The summed E-state index contributed by atoms with van der Waals surface area (Å²) in [5, 5.41) is 3.83. The first-order valence-electron chi connectivity index (χ1n) is 8.64. The minimum atomic E-state index is -0.0227. The van der Waals surface area contributed by atoms with Gasteiger partial charge in [0.05, 0.1) is 28.5 Å². The summed E-state index contributed by atoms with van der Waals surface area (Å²) in [6.45, 7) is 1.98. The second-order valence-corrected chi connectivity index (χ2v) is 7.41. The van der Waals surface area contributed by atoms with Crippen LogP contribution in [-0.2, 0) is 11.2 Å². The molecule has 6 heteroatoms. The highest BCUT2D eigenvalue weighted by Gasteiger charge is 2.23. The Bertz CT molecular complexity index is 1210. The van der Waals surface area contributed by atoms with Crippen LogP contribution in [0.2, 0.25) is 0 Å². The quantitative estimate of drug-likeness (QED) is 0.515. The lowest BCUT2D eigenvalue weighted by Gasteiger charge is -2.12. The first kappa shape index (κ1) is 16.2. The van der Waals surface area contributed by atoms with Crippen LogP contribution in [0.25, 0.3) is 28.0 Å². The first-order valence-corrected chi connectivity index (χ1v) is 9.43. The number of nitrogens with one attached hydrogen (secondary N) is 1. The van der Waals surface area contributed by atoms with E-state index in [0.717, 1.165) is 43.7 Å². The average Bonchev–Trinajstić information content (AvgIpc) is 3.18. The fraction of sp³-hybridized carbons (Fsp3) is 0.0952. The number of anilines is 1. The summed E-state index contributed by atoms with van der Waals surface area (Å²) in [5.74, 6) is 0.620. The average molecular weight is 419 g/mol. The summed E-state index contributed by atoms with van der Waals surface area (Å²) in [6, 6.07) is 16.3. The predicted octanol–water partition coefficient (Wildman–Crippen LogP) is 4.65. The van der Waals surface area contributed by atoms with Crippen LogP contribution in [0.4, 0.5) is 5.82 Å². The molecule has 1 aromatic carbocycles. The van der Waals surface area contributed by atoms with Gasteiger partial charge < -0.3 is 5.32 Å². The monoisotopic (exact) mass is 418 g/mol. The van der Waals surface area contributed by atoms with Crippen molar-refractivity contribution in [3.05, 3.63) is 70.5 Å². The van der Waals surface area contributed by atoms with E-state index in [9.17, 15) is 4.79 Å². The number of benzene rings is 1. The predicted molar refractivity (Wildman–Crippen MR) is 109 cm³/mol. The van der Waals surface area contributed by atoms with E-state index in [1.807, 2.05) is 37.3 Å². The Labute approximate surface area is 164 Å². The van der Waals surface area contributed by atoms with E-state index < -0.39 is 0 Å². The van der Waals surface area contributed by atoms with E-state index in [1.165, 1.54) is 0 Å². The van der Waals surface area contributed by atoms with Gasteiger partial charge in [0, 0.05) is 16.6 Å². The maximum atomic E-state index is 11.7. The number of amides is 1. The van der Waals surface area contributed by atoms with Crippen molar-refractivity contribution in [1.82, 2.24) is 14.5 Å². The van der Waals surface area contributed by atoms with Crippen molar-refractivity contribution >= 4 is 38.7 Å². The molecule has 1 aliphatic heterocycles. The van der Waals surface area contributed by atoms with E-state index in [2.05, 4.69) is 49.0 Å². The van der Waals surface area contributed by atoms with Crippen molar-refractivity contribution in [3.63, 3.8) is 0 Å². The van der Waals surface area contributed by atoms with Gasteiger partial charge in [-0.15, -0.1) is 0 Å². The van der Waals surface area contributed by atoms with Crippen LogP contribution in [0.1, 0.15) is 11.3 Å². The minimum Gasteiger partial charge on any atom is -0.310 e. The third-order valence-corrected chi connectivity index (χ3v) is 5.56. The molecule has 0 radical (unpaired) electrons. The SMILES string of the molecule is Cc1ccc2c(Br)c(-c3ccccc3)n(-c3cnc4c(c3)CC(=O)N4)c2n1. The molecule has 0 spiro atoms. The second kappa shape index (κ2) is 6.03. The molecule has 0 saturated heterocycles. The number of carbonyl (C=O) groups excluding carboxylic acids is 1. The lowest BCUT2D eigenvalue weighted by molar-refractivity contribution is -0.115. The molecular formula is C21H15BrN4O. The number of aromatic nitrogens is 3. The van der Waals surface area contributed by atoms with Crippen LogP contribution in [0.3, 0.4) is 0 Å². The molecule has 1 aliphatic rings. The number of pyridine rings is 2. The van der Waals surface area contributed by atoms with Crippen LogP contribution in [-0.4, -0.2) is 20.4 Å². The molecule has 4 heterocycles. The van der Waals surface area contributed by atoms with Crippen LogP contribution in [0.15, 0.2) is 59.2 Å². The van der Waals surface area contributed by atoms with Gasteiger partial charge in [0.15, 0.2) is 0 Å². The standard InChI is InChI=1S/C21H15BrN4O/c1-12-7-8-16-18(22)19(13-5-3-2-4-6-13)26(21(16)24-12)15-9-14-10-17(27)25-20(14)23-11-15/h2-9,11H,10H2,1H3,(H,23,25,27). The van der Waals surface area contributed by atoms with Gasteiger partial charge in [-0.1, -0.05) is 30.3 Å². The Morgan fingerprint density at radius 2 is 1.96 bits per heavy atom. The zero-order chi connectivity index (χ0) is 18.5. The van der Waals surface area contributed by atoms with Gasteiger partial charge in [-0.3, -0.25) is 9.36 Å². The molecule has 0 aliphatic carbocycles. The Morgan fingerprint density at radius 1 is 1.15 bits per heavy atom. The largest absolute Gasteiger partial charge is 0.310 e. The number of aryl methyl sites for hydroxylation is 1. The Morgan fingerprint density at radius 3 is 2.78 bits per heavy atom. The summed E-state index contributed by atoms with van der Waals surface area (Å²) in [7, 11) is 0. The molecule has 27 heavy (non-hydrogen) atoms. The molecule has 5 nitrogen and oxygen atoms in total.